The van der Waals surface area contributed by atoms with E-state index in [1.54, 1.807) is 0 Å². The third kappa shape index (κ3) is 3.99. The molecule has 0 aromatic rings. The third-order valence-corrected chi connectivity index (χ3v) is 4.55. The van der Waals surface area contributed by atoms with Gasteiger partial charge in [-0.3, -0.25) is 0 Å². The Bertz CT molecular complexity index is 558. The molecule has 1 fully saturated rings. The second-order valence-corrected chi connectivity index (χ2v) is 5.99. The van der Waals surface area contributed by atoms with Gasteiger partial charge in [0.2, 0.25) is 0 Å². The van der Waals surface area contributed by atoms with Crippen molar-refractivity contribution >= 4 is 0 Å². The molecule has 0 unspecified atom stereocenters. The molecule has 0 saturated heterocycles. The van der Waals surface area contributed by atoms with Crippen molar-refractivity contribution in [2.75, 3.05) is 0 Å². The van der Waals surface area contributed by atoms with Gasteiger partial charge in [-0.05, 0) is 61.7 Å². The van der Waals surface area contributed by atoms with E-state index in [1.165, 1.54) is 6.08 Å². The third-order valence-electron chi connectivity index (χ3n) is 4.55. The van der Waals surface area contributed by atoms with E-state index < -0.39 is 23.3 Å². The molecule has 4 heteroatoms. The van der Waals surface area contributed by atoms with Crippen LogP contribution in [0.3, 0.4) is 0 Å². The Balaban J connectivity index is 1.94. The number of halogens is 4. The second-order valence-electron chi connectivity index (χ2n) is 5.99. The fourth-order valence-electron chi connectivity index (χ4n) is 3.20. The molecule has 0 heterocycles. The lowest BCUT2D eigenvalue weighted by Gasteiger charge is -2.31. The van der Waals surface area contributed by atoms with E-state index in [0.717, 1.165) is 37.3 Å². The summed E-state index contributed by atoms with van der Waals surface area (Å²) < 4.78 is 52.2. The molecule has 0 radical (unpaired) electrons. The molecule has 2 rings (SSSR count). The van der Waals surface area contributed by atoms with Crippen LogP contribution in [-0.2, 0) is 0 Å². The highest BCUT2D eigenvalue weighted by atomic mass is 19.2. The minimum atomic E-state index is -1.09. The van der Waals surface area contributed by atoms with Gasteiger partial charge in [0.15, 0.2) is 17.5 Å². The number of rotatable bonds is 4. The van der Waals surface area contributed by atoms with E-state index in [-0.39, 0.29) is 18.3 Å². The quantitative estimate of drug-likeness (QED) is 0.407. The van der Waals surface area contributed by atoms with E-state index in [1.807, 2.05) is 0 Å². The minimum Gasteiger partial charge on any atom is -0.209 e. The van der Waals surface area contributed by atoms with Crippen molar-refractivity contribution in [3.05, 3.63) is 59.8 Å². The molecule has 0 N–H and O–H groups in total. The van der Waals surface area contributed by atoms with Crippen molar-refractivity contribution in [2.45, 2.75) is 38.5 Å². The molecule has 0 aliphatic heterocycles. The lowest BCUT2D eigenvalue weighted by Crippen LogP contribution is -2.18. The average Bonchev–Trinajstić information content (AvgIpc) is 2.50. The summed E-state index contributed by atoms with van der Waals surface area (Å²) in [6.07, 6.45) is 6.36. The van der Waals surface area contributed by atoms with E-state index in [4.69, 9.17) is 0 Å². The maximum Gasteiger partial charge on any atom is 0.158 e. The highest BCUT2D eigenvalue weighted by molar-refractivity contribution is 5.30. The highest BCUT2D eigenvalue weighted by Crippen LogP contribution is 2.40. The van der Waals surface area contributed by atoms with Gasteiger partial charge in [0, 0.05) is 6.42 Å². The standard InChI is InChI=1S/C18H20F4/c1-11(9-17(21)12(2)19)13-3-5-14(6-4-13)15-7-8-16(20)18(22)10-15/h9-10,13-14H,1-8H2/b17-9+. The van der Waals surface area contributed by atoms with Crippen LogP contribution in [-0.4, -0.2) is 0 Å². The van der Waals surface area contributed by atoms with Crippen LogP contribution in [0.1, 0.15) is 38.5 Å². The topological polar surface area (TPSA) is 0 Å². The smallest absolute Gasteiger partial charge is 0.158 e. The molecule has 1 saturated carbocycles. The van der Waals surface area contributed by atoms with Gasteiger partial charge in [0.05, 0.1) is 0 Å². The summed E-state index contributed by atoms with van der Waals surface area (Å²) in [6.45, 7) is 6.72. The molecule has 0 amide bonds. The molecule has 0 nitrogen and oxygen atoms in total. The maximum absolute atomic E-state index is 13.3. The lowest BCUT2D eigenvalue weighted by atomic mass is 9.74. The van der Waals surface area contributed by atoms with Crippen LogP contribution in [0.4, 0.5) is 17.6 Å². The lowest BCUT2D eigenvalue weighted by molar-refractivity contribution is 0.328. The molecular weight excluding hydrogens is 292 g/mol. The Morgan fingerprint density at radius 2 is 1.68 bits per heavy atom. The molecule has 2 aliphatic rings. The number of hydrogen-bond acceptors (Lipinski definition) is 0. The minimum absolute atomic E-state index is 0.0997. The molecule has 22 heavy (non-hydrogen) atoms. The van der Waals surface area contributed by atoms with Crippen molar-refractivity contribution in [2.24, 2.45) is 11.8 Å². The molecule has 0 aromatic heterocycles. The summed E-state index contributed by atoms with van der Waals surface area (Å²) >= 11 is 0. The summed E-state index contributed by atoms with van der Waals surface area (Å²) in [7, 11) is 0. The van der Waals surface area contributed by atoms with Gasteiger partial charge in [0.1, 0.15) is 5.83 Å². The normalized spacial score (nSPS) is 26.7. The van der Waals surface area contributed by atoms with Gasteiger partial charge in [-0.2, -0.15) is 0 Å². The predicted molar refractivity (Wildman–Crippen MR) is 80.6 cm³/mol. The summed E-state index contributed by atoms with van der Waals surface area (Å²) in [5.41, 5.74) is 1.52. The number of allylic oxidation sites excluding steroid dienone is 8. The van der Waals surface area contributed by atoms with E-state index in [0.29, 0.717) is 12.0 Å². The van der Waals surface area contributed by atoms with Crippen molar-refractivity contribution < 1.29 is 17.6 Å². The molecule has 0 aromatic carbocycles. The second kappa shape index (κ2) is 7.12. The Morgan fingerprint density at radius 1 is 1.05 bits per heavy atom. The van der Waals surface area contributed by atoms with Gasteiger partial charge >= 0.3 is 0 Å². The first-order valence-corrected chi connectivity index (χ1v) is 7.54. The summed E-state index contributed by atoms with van der Waals surface area (Å²) in [6, 6.07) is 0. The van der Waals surface area contributed by atoms with Crippen LogP contribution >= 0.6 is 0 Å². The molecule has 2 aliphatic carbocycles. The van der Waals surface area contributed by atoms with E-state index in [9.17, 15) is 17.6 Å². The highest BCUT2D eigenvalue weighted by Gasteiger charge is 2.27. The first-order valence-electron chi connectivity index (χ1n) is 7.54. The fourth-order valence-corrected chi connectivity index (χ4v) is 3.20. The van der Waals surface area contributed by atoms with Gasteiger partial charge in [-0.15, -0.1) is 0 Å². The Kier molecular flexibility index (Phi) is 5.43. The first-order chi connectivity index (χ1) is 10.4. The molecular formula is C18H20F4. The molecule has 0 bridgehead atoms. The van der Waals surface area contributed by atoms with Gasteiger partial charge in [-0.25, -0.2) is 17.6 Å². The average molecular weight is 312 g/mol. The first kappa shape index (κ1) is 16.8. The zero-order chi connectivity index (χ0) is 16.3. The predicted octanol–water partition coefficient (Wildman–Crippen LogP) is 6.56. The van der Waals surface area contributed by atoms with Crippen LogP contribution < -0.4 is 0 Å². The number of hydrogen-bond donors (Lipinski definition) is 0. The van der Waals surface area contributed by atoms with Crippen LogP contribution in [0, 0.1) is 11.8 Å². The van der Waals surface area contributed by atoms with Crippen LogP contribution in [0.2, 0.25) is 0 Å². The molecule has 120 valence electrons. The SMILES string of the molecule is C=C(F)/C(F)=C\C(=C)C1CCC(C2=CC(F)=C(F)CC2)CC1. The van der Waals surface area contributed by atoms with Gasteiger partial charge < -0.3 is 0 Å². The van der Waals surface area contributed by atoms with Crippen LogP contribution in [0.15, 0.2) is 59.8 Å². The van der Waals surface area contributed by atoms with Crippen LogP contribution in [0.25, 0.3) is 0 Å². The summed E-state index contributed by atoms with van der Waals surface area (Å²) in [5, 5.41) is 0. The maximum atomic E-state index is 13.3. The summed E-state index contributed by atoms with van der Waals surface area (Å²) in [5.74, 6) is -3.15. The Morgan fingerprint density at radius 3 is 2.23 bits per heavy atom. The van der Waals surface area contributed by atoms with Crippen molar-refractivity contribution in [1.29, 1.82) is 0 Å². The van der Waals surface area contributed by atoms with Crippen LogP contribution in [0.5, 0.6) is 0 Å². The van der Waals surface area contributed by atoms with E-state index in [2.05, 4.69) is 13.2 Å². The molecule has 0 spiro atoms. The van der Waals surface area contributed by atoms with Gasteiger partial charge in [0.25, 0.3) is 0 Å². The monoisotopic (exact) mass is 312 g/mol. The zero-order valence-electron chi connectivity index (χ0n) is 12.5. The van der Waals surface area contributed by atoms with E-state index >= 15 is 0 Å². The fraction of sp³-hybridized carbons (Fsp3) is 0.444. The van der Waals surface area contributed by atoms with Gasteiger partial charge in [-0.1, -0.05) is 18.7 Å². The largest absolute Gasteiger partial charge is 0.209 e. The van der Waals surface area contributed by atoms with Crippen molar-refractivity contribution in [3.63, 3.8) is 0 Å². The summed E-state index contributed by atoms with van der Waals surface area (Å²) in [4.78, 5) is 0. The zero-order valence-corrected chi connectivity index (χ0v) is 12.5. The Labute approximate surface area is 128 Å². The van der Waals surface area contributed by atoms with Crippen molar-refractivity contribution in [1.82, 2.24) is 0 Å². The van der Waals surface area contributed by atoms with Crippen molar-refractivity contribution in [3.8, 4) is 0 Å². The Hall–Kier alpha value is -1.58. The molecule has 0 atom stereocenters.